The van der Waals surface area contributed by atoms with Crippen molar-refractivity contribution in [2.45, 2.75) is 26.7 Å². The average Bonchev–Trinajstić information content (AvgIpc) is 2.45. The number of nitrogens with zero attached hydrogens (tertiary/aromatic N) is 1. The Morgan fingerprint density at radius 3 is 2.55 bits per heavy atom. The van der Waals surface area contributed by atoms with Gasteiger partial charge in [-0.25, -0.2) is 4.98 Å². The second-order valence-corrected chi connectivity index (χ2v) is 5.18. The van der Waals surface area contributed by atoms with Crippen molar-refractivity contribution in [1.29, 1.82) is 0 Å². The van der Waals surface area contributed by atoms with E-state index in [1.807, 2.05) is 31.2 Å². The van der Waals surface area contributed by atoms with Crippen LogP contribution in [0.5, 0.6) is 5.75 Å². The van der Waals surface area contributed by atoms with Crippen LogP contribution in [-0.4, -0.2) is 16.6 Å². The normalized spacial score (nSPS) is 10.6. The van der Waals surface area contributed by atoms with E-state index in [0.717, 1.165) is 29.8 Å². The lowest BCUT2D eigenvalue weighted by Gasteiger charge is -2.07. The molecular formula is C15H17BrN2O2. The van der Waals surface area contributed by atoms with E-state index in [1.54, 1.807) is 0 Å². The smallest absolute Gasteiger partial charge is 0.265 e. The Kier molecular flexibility index (Phi) is 4.95. The van der Waals surface area contributed by atoms with Gasteiger partial charge >= 0.3 is 0 Å². The molecule has 0 fully saturated rings. The van der Waals surface area contributed by atoms with Crippen LogP contribution in [0, 0.1) is 0 Å². The fourth-order valence-electron chi connectivity index (χ4n) is 1.92. The Bertz CT molecular complexity index is 635. The lowest BCUT2D eigenvalue weighted by atomic mass is 10.2. The van der Waals surface area contributed by atoms with Gasteiger partial charge in [-0.15, -0.1) is 0 Å². The van der Waals surface area contributed by atoms with E-state index in [-0.39, 0.29) is 5.56 Å². The Hall–Kier alpha value is -1.62. The highest BCUT2D eigenvalue weighted by Gasteiger charge is 2.09. The van der Waals surface area contributed by atoms with Crippen LogP contribution >= 0.6 is 15.9 Å². The third-order valence-corrected chi connectivity index (χ3v) is 3.67. The van der Waals surface area contributed by atoms with Gasteiger partial charge in [0.1, 0.15) is 16.0 Å². The molecule has 0 saturated carbocycles. The van der Waals surface area contributed by atoms with Gasteiger partial charge in [-0.1, -0.05) is 13.3 Å². The topological polar surface area (TPSA) is 55.0 Å². The second-order valence-electron chi connectivity index (χ2n) is 4.38. The standard InChI is InChI=1S/C15H17BrN2O2/c1-3-5-12-13(16)15(19)18-14(17-12)10-6-8-11(9-7-10)20-4-2/h6-9H,3-5H2,1-2H3,(H,17,18,19). The minimum absolute atomic E-state index is 0.146. The molecule has 0 aliphatic rings. The lowest BCUT2D eigenvalue weighted by Crippen LogP contribution is -2.13. The van der Waals surface area contributed by atoms with Crippen LogP contribution in [0.2, 0.25) is 0 Å². The molecule has 1 heterocycles. The SMILES string of the molecule is CCCc1nc(-c2ccc(OCC)cc2)[nH]c(=O)c1Br. The summed E-state index contributed by atoms with van der Waals surface area (Å²) >= 11 is 3.29. The molecule has 0 unspecified atom stereocenters. The number of nitrogens with one attached hydrogen (secondary N) is 1. The summed E-state index contributed by atoms with van der Waals surface area (Å²) in [5, 5.41) is 0. The van der Waals surface area contributed by atoms with E-state index < -0.39 is 0 Å². The largest absolute Gasteiger partial charge is 0.494 e. The van der Waals surface area contributed by atoms with Gasteiger partial charge in [0.25, 0.3) is 5.56 Å². The summed E-state index contributed by atoms with van der Waals surface area (Å²) in [6.45, 7) is 4.64. The van der Waals surface area contributed by atoms with Crippen LogP contribution in [-0.2, 0) is 6.42 Å². The number of ether oxygens (including phenoxy) is 1. The Labute approximate surface area is 126 Å². The van der Waals surface area contributed by atoms with Crippen LogP contribution in [0.4, 0.5) is 0 Å². The van der Waals surface area contributed by atoms with Crippen molar-refractivity contribution in [2.75, 3.05) is 6.61 Å². The fourth-order valence-corrected chi connectivity index (χ4v) is 2.31. The van der Waals surface area contributed by atoms with Gasteiger partial charge in [-0.05, 0) is 53.5 Å². The number of benzene rings is 1. The minimum Gasteiger partial charge on any atom is -0.494 e. The predicted octanol–water partition coefficient (Wildman–Crippen LogP) is 3.55. The highest BCUT2D eigenvalue weighted by atomic mass is 79.9. The number of halogens is 1. The molecule has 0 aliphatic carbocycles. The summed E-state index contributed by atoms with van der Waals surface area (Å²) in [5.41, 5.74) is 1.52. The van der Waals surface area contributed by atoms with E-state index >= 15 is 0 Å². The third kappa shape index (κ3) is 3.28. The number of rotatable bonds is 5. The number of aromatic amines is 1. The maximum Gasteiger partial charge on any atom is 0.265 e. The second kappa shape index (κ2) is 6.70. The van der Waals surface area contributed by atoms with Gasteiger partial charge in [-0.2, -0.15) is 0 Å². The van der Waals surface area contributed by atoms with Crippen molar-refractivity contribution in [3.05, 3.63) is 44.8 Å². The van der Waals surface area contributed by atoms with Crippen LogP contribution in [0.15, 0.2) is 33.5 Å². The molecule has 1 aromatic heterocycles. The lowest BCUT2D eigenvalue weighted by molar-refractivity contribution is 0.340. The van der Waals surface area contributed by atoms with Crippen LogP contribution < -0.4 is 10.3 Å². The van der Waals surface area contributed by atoms with E-state index in [1.165, 1.54) is 0 Å². The van der Waals surface area contributed by atoms with Crippen molar-refractivity contribution in [3.63, 3.8) is 0 Å². The maximum atomic E-state index is 11.9. The zero-order valence-corrected chi connectivity index (χ0v) is 13.2. The van der Waals surface area contributed by atoms with Crippen molar-refractivity contribution in [1.82, 2.24) is 9.97 Å². The zero-order valence-electron chi connectivity index (χ0n) is 11.6. The first-order valence-corrected chi connectivity index (χ1v) is 7.47. The summed E-state index contributed by atoms with van der Waals surface area (Å²) < 4.78 is 5.92. The van der Waals surface area contributed by atoms with Gasteiger partial charge in [0.2, 0.25) is 0 Å². The molecule has 4 nitrogen and oxygen atoms in total. The quantitative estimate of drug-likeness (QED) is 0.908. The van der Waals surface area contributed by atoms with Crippen molar-refractivity contribution < 1.29 is 4.74 Å². The molecule has 0 spiro atoms. The number of aryl methyl sites for hydroxylation is 1. The van der Waals surface area contributed by atoms with Gasteiger partial charge < -0.3 is 9.72 Å². The molecule has 1 aromatic carbocycles. The Balaban J connectivity index is 2.39. The van der Waals surface area contributed by atoms with Gasteiger partial charge in [0.15, 0.2) is 0 Å². The number of hydrogen-bond donors (Lipinski definition) is 1. The molecule has 2 aromatic rings. The third-order valence-electron chi connectivity index (χ3n) is 2.86. The van der Waals surface area contributed by atoms with Crippen LogP contribution in [0.1, 0.15) is 26.0 Å². The van der Waals surface area contributed by atoms with Gasteiger partial charge in [0, 0.05) is 5.56 Å². The predicted molar refractivity (Wildman–Crippen MR) is 83.2 cm³/mol. The molecule has 106 valence electrons. The van der Waals surface area contributed by atoms with E-state index in [2.05, 4.69) is 32.8 Å². The Morgan fingerprint density at radius 1 is 1.25 bits per heavy atom. The van der Waals surface area contributed by atoms with E-state index in [0.29, 0.717) is 16.9 Å². The minimum atomic E-state index is -0.146. The first kappa shape index (κ1) is 14.8. The van der Waals surface area contributed by atoms with E-state index in [9.17, 15) is 4.79 Å². The molecule has 0 saturated heterocycles. The summed E-state index contributed by atoms with van der Waals surface area (Å²) in [6, 6.07) is 7.54. The van der Waals surface area contributed by atoms with Crippen molar-refractivity contribution in [3.8, 4) is 17.1 Å². The van der Waals surface area contributed by atoms with Crippen molar-refractivity contribution >= 4 is 15.9 Å². The zero-order chi connectivity index (χ0) is 14.5. The summed E-state index contributed by atoms with van der Waals surface area (Å²) in [5.74, 6) is 1.40. The van der Waals surface area contributed by atoms with Crippen LogP contribution in [0.25, 0.3) is 11.4 Å². The Morgan fingerprint density at radius 2 is 1.95 bits per heavy atom. The fraction of sp³-hybridized carbons (Fsp3) is 0.333. The van der Waals surface area contributed by atoms with Crippen LogP contribution in [0.3, 0.4) is 0 Å². The van der Waals surface area contributed by atoms with Gasteiger partial charge in [0.05, 0.1) is 12.3 Å². The maximum absolute atomic E-state index is 11.9. The molecule has 5 heteroatoms. The van der Waals surface area contributed by atoms with Crippen molar-refractivity contribution in [2.24, 2.45) is 0 Å². The molecule has 1 N–H and O–H groups in total. The molecule has 0 aliphatic heterocycles. The molecular weight excluding hydrogens is 320 g/mol. The summed E-state index contributed by atoms with van der Waals surface area (Å²) in [6.07, 6.45) is 1.71. The molecule has 0 bridgehead atoms. The number of H-pyrrole nitrogens is 1. The first-order chi connectivity index (χ1) is 9.65. The monoisotopic (exact) mass is 336 g/mol. The first-order valence-electron chi connectivity index (χ1n) is 6.67. The highest BCUT2D eigenvalue weighted by Crippen LogP contribution is 2.21. The number of aromatic nitrogens is 2. The molecule has 0 atom stereocenters. The van der Waals surface area contributed by atoms with E-state index in [4.69, 9.17) is 4.74 Å². The molecule has 0 radical (unpaired) electrons. The molecule has 2 rings (SSSR count). The summed E-state index contributed by atoms with van der Waals surface area (Å²) in [4.78, 5) is 19.2. The molecule has 20 heavy (non-hydrogen) atoms. The molecule has 0 amide bonds. The highest BCUT2D eigenvalue weighted by molar-refractivity contribution is 9.10. The summed E-state index contributed by atoms with van der Waals surface area (Å²) in [7, 11) is 0. The average molecular weight is 337 g/mol. The number of hydrogen-bond acceptors (Lipinski definition) is 3. The van der Waals surface area contributed by atoms with Gasteiger partial charge in [-0.3, -0.25) is 4.79 Å².